The summed E-state index contributed by atoms with van der Waals surface area (Å²) < 4.78 is 47.5. The molecule has 0 aliphatic heterocycles. The van der Waals surface area contributed by atoms with Crippen LogP contribution in [0.2, 0.25) is 0 Å². The van der Waals surface area contributed by atoms with Crippen molar-refractivity contribution in [2.45, 2.75) is 19.3 Å². The Bertz CT molecular complexity index is 215. The average molecular weight is 199 g/mol. The van der Waals surface area contributed by atoms with Crippen LogP contribution in [0.3, 0.4) is 0 Å². The van der Waals surface area contributed by atoms with Crippen molar-refractivity contribution in [3.63, 3.8) is 0 Å². The summed E-state index contributed by atoms with van der Waals surface area (Å²) in [6, 6.07) is 0. The molecule has 0 aromatic heterocycles. The Morgan fingerprint density at radius 2 is 2.00 bits per heavy atom. The number of amides is 1. The van der Waals surface area contributed by atoms with Crippen molar-refractivity contribution in [3.8, 4) is 0 Å². The predicted molar refractivity (Wildman–Crippen MR) is 38.8 cm³/mol. The Labute approximate surface area is 72.6 Å². The number of carbonyl (C=O) groups excluding carboxylic acids is 1. The van der Waals surface area contributed by atoms with E-state index < -0.39 is 18.3 Å². The zero-order valence-electron chi connectivity index (χ0n) is 6.91. The molecule has 0 saturated heterocycles. The maximum atomic E-state index is 12.2. The van der Waals surface area contributed by atoms with E-state index in [1.165, 1.54) is 6.92 Å². The topological polar surface area (TPSA) is 29.1 Å². The van der Waals surface area contributed by atoms with Crippen LogP contribution in [0.4, 0.5) is 17.6 Å². The van der Waals surface area contributed by atoms with Crippen LogP contribution < -0.4 is 5.32 Å². The predicted octanol–water partition coefficient (Wildman–Crippen LogP) is 1.58. The Kier molecular flexibility index (Phi) is 3.90. The van der Waals surface area contributed by atoms with Crippen molar-refractivity contribution >= 4 is 5.91 Å². The lowest BCUT2D eigenvalue weighted by atomic mass is 10.3. The maximum Gasteiger partial charge on any atom is 0.383 e. The fourth-order valence-electron chi connectivity index (χ4n) is 0.448. The van der Waals surface area contributed by atoms with Gasteiger partial charge >= 0.3 is 12.3 Å². The molecule has 0 saturated carbocycles. The van der Waals surface area contributed by atoms with Crippen molar-refractivity contribution in [2.24, 2.45) is 0 Å². The van der Waals surface area contributed by atoms with Crippen LogP contribution in [0.5, 0.6) is 0 Å². The minimum atomic E-state index is -4.63. The van der Waals surface area contributed by atoms with Gasteiger partial charge in [-0.2, -0.15) is 8.78 Å². The maximum absolute atomic E-state index is 12.2. The molecule has 6 heteroatoms. The number of halogens is 4. The molecule has 0 aromatic carbocycles. The fraction of sp³-hybridized carbons (Fsp3) is 0.571. The Hall–Kier alpha value is -1.07. The van der Waals surface area contributed by atoms with Gasteiger partial charge in [0, 0.05) is 6.54 Å². The number of carbonyl (C=O) groups is 1. The molecule has 0 rings (SSSR count). The highest BCUT2D eigenvalue weighted by molar-refractivity contribution is 5.83. The van der Waals surface area contributed by atoms with Gasteiger partial charge in [0.2, 0.25) is 0 Å². The molecule has 0 atom stereocenters. The Morgan fingerprint density at radius 3 is 2.31 bits per heavy atom. The van der Waals surface area contributed by atoms with E-state index in [0.717, 1.165) is 0 Å². The molecule has 2 nitrogen and oxygen atoms in total. The molecule has 0 fully saturated rings. The van der Waals surface area contributed by atoms with E-state index >= 15 is 0 Å². The number of hydrogen-bond donors (Lipinski definition) is 1. The monoisotopic (exact) mass is 199 g/mol. The van der Waals surface area contributed by atoms with Gasteiger partial charge in [-0.3, -0.25) is 4.79 Å². The van der Waals surface area contributed by atoms with Crippen molar-refractivity contribution in [1.29, 1.82) is 0 Å². The highest BCUT2D eigenvalue weighted by Crippen LogP contribution is 2.22. The first-order chi connectivity index (χ1) is 5.78. The summed E-state index contributed by atoms with van der Waals surface area (Å²) in [6.07, 6.45) is -3.99. The van der Waals surface area contributed by atoms with Gasteiger partial charge in [-0.25, -0.2) is 8.78 Å². The molecule has 0 aliphatic carbocycles. The molecule has 0 heterocycles. The van der Waals surface area contributed by atoms with Crippen LogP contribution in [-0.2, 0) is 4.79 Å². The minimum Gasteiger partial charge on any atom is -0.347 e. The van der Waals surface area contributed by atoms with Gasteiger partial charge in [0.15, 0.2) is 0 Å². The quantitative estimate of drug-likeness (QED) is 0.540. The number of hydrogen-bond acceptors (Lipinski definition) is 1. The summed E-state index contributed by atoms with van der Waals surface area (Å²) >= 11 is 0. The van der Waals surface area contributed by atoms with Crippen molar-refractivity contribution < 1.29 is 22.4 Å². The number of rotatable bonds is 4. The first-order valence-electron chi connectivity index (χ1n) is 3.37. The SMILES string of the molecule is C=C(C)CNC(=O)C(F)(F)C(F)F. The van der Waals surface area contributed by atoms with Crippen molar-refractivity contribution in [3.05, 3.63) is 12.2 Å². The summed E-state index contributed by atoms with van der Waals surface area (Å²) in [5, 5.41) is 1.64. The van der Waals surface area contributed by atoms with Crippen LogP contribution >= 0.6 is 0 Å². The van der Waals surface area contributed by atoms with Crippen molar-refractivity contribution in [1.82, 2.24) is 5.32 Å². The normalized spacial score (nSPS) is 11.5. The molecular formula is C7H9F4NO. The Balaban J connectivity index is 4.18. The summed E-state index contributed by atoms with van der Waals surface area (Å²) in [4.78, 5) is 10.4. The van der Waals surface area contributed by atoms with E-state index in [4.69, 9.17) is 0 Å². The number of nitrogens with one attached hydrogen (secondary N) is 1. The zero-order chi connectivity index (χ0) is 10.6. The second-order valence-corrected chi connectivity index (χ2v) is 2.56. The Morgan fingerprint density at radius 1 is 1.54 bits per heavy atom. The summed E-state index contributed by atoms with van der Waals surface area (Å²) in [5.41, 5.74) is 0.401. The third-order valence-electron chi connectivity index (χ3n) is 1.13. The molecule has 0 aromatic rings. The fourth-order valence-corrected chi connectivity index (χ4v) is 0.448. The lowest BCUT2D eigenvalue weighted by molar-refractivity contribution is -0.169. The smallest absolute Gasteiger partial charge is 0.347 e. The van der Waals surface area contributed by atoms with E-state index in [1.807, 2.05) is 0 Å². The molecule has 1 N–H and O–H groups in total. The van der Waals surface area contributed by atoms with Crippen LogP contribution in [-0.4, -0.2) is 24.8 Å². The third kappa shape index (κ3) is 3.43. The van der Waals surface area contributed by atoms with Gasteiger partial charge in [0.05, 0.1) is 0 Å². The van der Waals surface area contributed by atoms with Gasteiger partial charge in [-0.1, -0.05) is 12.2 Å². The van der Waals surface area contributed by atoms with E-state index in [-0.39, 0.29) is 6.54 Å². The van der Waals surface area contributed by atoms with Gasteiger partial charge < -0.3 is 5.32 Å². The second kappa shape index (κ2) is 4.25. The highest BCUT2D eigenvalue weighted by Gasteiger charge is 2.48. The molecule has 0 radical (unpaired) electrons. The number of alkyl halides is 4. The standard InChI is InChI=1S/C7H9F4NO/c1-4(2)3-12-6(13)7(10,11)5(8)9/h5H,1,3H2,2H3,(H,12,13). The summed E-state index contributed by atoms with van der Waals surface area (Å²) in [6.45, 7) is 4.54. The molecule has 0 aliphatic rings. The zero-order valence-corrected chi connectivity index (χ0v) is 6.91. The lowest BCUT2D eigenvalue weighted by Crippen LogP contribution is -2.45. The van der Waals surface area contributed by atoms with E-state index in [9.17, 15) is 22.4 Å². The van der Waals surface area contributed by atoms with Crippen LogP contribution in [0.1, 0.15) is 6.92 Å². The largest absolute Gasteiger partial charge is 0.383 e. The molecule has 0 bridgehead atoms. The van der Waals surface area contributed by atoms with E-state index in [1.54, 1.807) is 5.32 Å². The molecule has 76 valence electrons. The van der Waals surface area contributed by atoms with Gasteiger partial charge in [0.1, 0.15) is 0 Å². The highest BCUT2D eigenvalue weighted by atomic mass is 19.3. The first-order valence-corrected chi connectivity index (χ1v) is 3.37. The molecule has 0 unspecified atom stereocenters. The lowest BCUT2D eigenvalue weighted by Gasteiger charge is -2.14. The third-order valence-corrected chi connectivity index (χ3v) is 1.13. The van der Waals surface area contributed by atoms with Crippen LogP contribution in [0, 0.1) is 0 Å². The summed E-state index contributed by atoms with van der Waals surface area (Å²) in [7, 11) is 0. The molecule has 0 spiro atoms. The van der Waals surface area contributed by atoms with E-state index in [2.05, 4.69) is 6.58 Å². The molecule has 13 heavy (non-hydrogen) atoms. The van der Waals surface area contributed by atoms with Crippen LogP contribution in [0.15, 0.2) is 12.2 Å². The van der Waals surface area contributed by atoms with E-state index in [0.29, 0.717) is 5.57 Å². The van der Waals surface area contributed by atoms with Crippen molar-refractivity contribution in [2.75, 3.05) is 6.54 Å². The molecular weight excluding hydrogens is 190 g/mol. The van der Waals surface area contributed by atoms with Gasteiger partial charge in [-0.15, -0.1) is 0 Å². The van der Waals surface area contributed by atoms with Crippen LogP contribution in [0.25, 0.3) is 0 Å². The van der Waals surface area contributed by atoms with Gasteiger partial charge in [-0.05, 0) is 6.92 Å². The first kappa shape index (κ1) is 11.9. The van der Waals surface area contributed by atoms with Gasteiger partial charge in [0.25, 0.3) is 5.91 Å². The average Bonchev–Trinajstić information content (AvgIpc) is 1.99. The minimum absolute atomic E-state index is 0.235. The summed E-state index contributed by atoms with van der Waals surface area (Å²) in [5.74, 6) is -6.61. The molecule has 1 amide bonds. The second-order valence-electron chi connectivity index (χ2n) is 2.56.